The SMILES string of the molecule is C.C.C.Cc1ccc2ccccc2c1. The summed E-state index contributed by atoms with van der Waals surface area (Å²) in [7, 11) is 0. The van der Waals surface area contributed by atoms with E-state index in [0.717, 1.165) is 0 Å². The molecule has 0 aliphatic heterocycles. The molecule has 0 saturated heterocycles. The smallest absolute Gasteiger partial charge is 0.0181 e. The van der Waals surface area contributed by atoms with Crippen LogP contribution < -0.4 is 0 Å². The molecule has 0 nitrogen and oxygen atoms in total. The third kappa shape index (κ3) is 2.88. The summed E-state index contributed by atoms with van der Waals surface area (Å²) in [4.78, 5) is 0. The predicted octanol–water partition coefficient (Wildman–Crippen LogP) is 5.06. The van der Waals surface area contributed by atoms with Crippen molar-refractivity contribution >= 4 is 10.8 Å². The van der Waals surface area contributed by atoms with Crippen LogP contribution in [0.4, 0.5) is 0 Å². The lowest BCUT2D eigenvalue weighted by Crippen LogP contribution is -1.73. The molecule has 78 valence electrons. The standard InChI is InChI=1S/C11H10.3CH4/c1-9-6-7-10-4-2-3-5-11(10)8-9;;;/h2-8H,1H3;3*1H4. The molecule has 0 N–H and O–H groups in total. The fourth-order valence-electron chi connectivity index (χ4n) is 1.31. The molecule has 0 bridgehead atoms. The predicted molar refractivity (Wildman–Crippen MR) is 68.9 cm³/mol. The molecule has 2 aromatic carbocycles. The summed E-state index contributed by atoms with van der Waals surface area (Å²) in [6, 6.07) is 14.9. The second-order valence-electron chi connectivity index (χ2n) is 2.85. The maximum absolute atomic E-state index is 2.20. The topological polar surface area (TPSA) is 0 Å². The number of fused-ring (bicyclic) bond motifs is 1. The van der Waals surface area contributed by atoms with E-state index in [1.807, 2.05) is 0 Å². The minimum absolute atomic E-state index is 0. The Balaban J connectivity index is 0. The van der Waals surface area contributed by atoms with E-state index in [4.69, 9.17) is 0 Å². The van der Waals surface area contributed by atoms with Gasteiger partial charge in [-0.3, -0.25) is 0 Å². The van der Waals surface area contributed by atoms with Crippen LogP contribution in [0, 0.1) is 6.92 Å². The molecule has 0 aromatic heterocycles. The van der Waals surface area contributed by atoms with E-state index in [0.29, 0.717) is 0 Å². The Kier molecular flexibility index (Phi) is 6.72. The van der Waals surface area contributed by atoms with Gasteiger partial charge in [0.1, 0.15) is 0 Å². The lowest BCUT2D eigenvalue weighted by atomic mass is 10.1. The van der Waals surface area contributed by atoms with Crippen molar-refractivity contribution in [2.75, 3.05) is 0 Å². The van der Waals surface area contributed by atoms with Crippen molar-refractivity contribution in [3.8, 4) is 0 Å². The van der Waals surface area contributed by atoms with Crippen LogP contribution in [0.25, 0.3) is 10.8 Å². The Hall–Kier alpha value is -1.30. The third-order valence-corrected chi connectivity index (χ3v) is 1.90. The van der Waals surface area contributed by atoms with Crippen molar-refractivity contribution in [1.29, 1.82) is 0 Å². The van der Waals surface area contributed by atoms with Gasteiger partial charge in [-0.1, -0.05) is 70.3 Å². The van der Waals surface area contributed by atoms with Crippen molar-refractivity contribution in [2.45, 2.75) is 29.2 Å². The molecule has 0 heteroatoms. The van der Waals surface area contributed by atoms with Crippen molar-refractivity contribution in [3.63, 3.8) is 0 Å². The van der Waals surface area contributed by atoms with Gasteiger partial charge >= 0.3 is 0 Å². The number of hydrogen-bond donors (Lipinski definition) is 0. The third-order valence-electron chi connectivity index (χ3n) is 1.90. The van der Waals surface area contributed by atoms with Crippen molar-refractivity contribution in [1.82, 2.24) is 0 Å². The quantitative estimate of drug-likeness (QED) is 0.545. The van der Waals surface area contributed by atoms with E-state index in [-0.39, 0.29) is 22.3 Å². The highest BCUT2D eigenvalue weighted by molar-refractivity contribution is 5.82. The zero-order valence-corrected chi connectivity index (χ0v) is 6.54. The van der Waals surface area contributed by atoms with Crippen LogP contribution in [-0.2, 0) is 0 Å². The highest BCUT2D eigenvalue weighted by Gasteiger charge is 1.89. The number of rotatable bonds is 0. The molecule has 14 heavy (non-hydrogen) atoms. The molecular formula is C14H22. The fraction of sp³-hybridized carbons (Fsp3) is 0.286. The summed E-state index contributed by atoms with van der Waals surface area (Å²) in [5.74, 6) is 0. The first-order valence-corrected chi connectivity index (χ1v) is 3.82. The van der Waals surface area contributed by atoms with Gasteiger partial charge in [0.25, 0.3) is 0 Å². The Morgan fingerprint density at radius 2 is 1.29 bits per heavy atom. The second-order valence-corrected chi connectivity index (χ2v) is 2.85. The van der Waals surface area contributed by atoms with Gasteiger partial charge in [-0.15, -0.1) is 0 Å². The van der Waals surface area contributed by atoms with Crippen LogP contribution in [0.2, 0.25) is 0 Å². The van der Waals surface area contributed by atoms with E-state index in [2.05, 4.69) is 49.4 Å². The highest BCUT2D eigenvalue weighted by Crippen LogP contribution is 2.14. The summed E-state index contributed by atoms with van der Waals surface area (Å²) < 4.78 is 0. The number of hydrogen-bond acceptors (Lipinski definition) is 0. The van der Waals surface area contributed by atoms with Gasteiger partial charge in [0.2, 0.25) is 0 Å². The van der Waals surface area contributed by atoms with Gasteiger partial charge in [-0.05, 0) is 17.7 Å². The van der Waals surface area contributed by atoms with Crippen LogP contribution in [0.15, 0.2) is 42.5 Å². The van der Waals surface area contributed by atoms with Crippen molar-refractivity contribution in [3.05, 3.63) is 48.0 Å². The van der Waals surface area contributed by atoms with E-state index in [9.17, 15) is 0 Å². The van der Waals surface area contributed by atoms with E-state index in [1.54, 1.807) is 0 Å². The molecule has 0 fully saturated rings. The van der Waals surface area contributed by atoms with Crippen LogP contribution in [0.3, 0.4) is 0 Å². The van der Waals surface area contributed by atoms with Gasteiger partial charge in [-0.25, -0.2) is 0 Å². The molecule has 0 aliphatic rings. The van der Waals surface area contributed by atoms with E-state index >= 15 is 0 Å². The molecule has 2 aromatic rings. The van der Waals surface area contributed by atoms with E-state index < -0.39 is 0 Å². The maximum atomic E-state index is 2.20. The van der Waals surface area contributed by atoms with Gasteiger partial charge in [0.15, 0.2) is 0 Å². The summed E-state index contributed by atoms with van der Waals surface area (Å²) in [5.41, 5.74) is 1.32. The maximum Gasteiger partial charge on any atom is -0.0181 e. The Labute approximate surface area is 88.6 Å². The average Bonchev–Trinajstić information content (AvgIpc) is 2.04. The molecule has 0 saturated carbocycles. The Morgan fingerprint density at radius 1 is 0.714 bits per heavy atom. The first-order valence-electron chi connectivity index (χ1n) is 3.82. The normalized spacial score (nSPS) is 8.07. The minimum atomic E-state index is 0. The van der Waals surface area contributed by atoms with E-state index in [1.165, 1.54) is 16.3 Å². The molecule has 0 spiro atoms. The lowest BCUT2D eigenvalue weighted by Gasteiger charge is -1.96. The van der Waals surface area contributed by atoms with Gasteiger partial charge < -0.3 is 0 Å². The van der Waals surface area contributed by atoms with Crippen LogP contribution in [0.1, 0.15) is 27.8 Å². The number of aryl methyl sites for hydroxylation is 1. The van der Waals surface area contributed by atoms with Gasteiger partial charge in [-0.2, -0.15) is 0 Å². The molecular weight excluding hydrogens is 168 g/mol. The highest BCUT2D eigenvalue weighted by atomic mass is 13.9. The molecule has 0 radical (unpaired) electrons. The van der Waals surface area contributed by atoms with Crippen molar-refractivity contribution < 1.29 is 0 Å². The average molecular weight is 190 g/mol. The monoisotopic (exact) mass is 190 g/mol. The zero-order valence-electron chi connectivity index (χ0n) is 6.54. The first kappa shape index (κ1) is 15.2. The van der Waals surface area contributed by atoms with Crippen LogP contribution in [-0.4, -0.2) is 0 Å². The fourth-order valence-corrected chi connectivity index (χ4v) is 1.31. The van der Waals surface area contributed by atoms with Crippen LogP contribution >= 0.6 is 0 Å². The number of benzene rings is 2. The first-order chi connectivity index (χ1) is 5.36. The molecule has 0 heterocycles. The summed E-state index contributed by atoms with van der Waals surface area (Å²) in [6.07, 6.45) is 0. The van der Waals surface area contributed by atoms with Crippen LogP contribution in [0.5, 0.6) is 0 Å². The Morgan fingerprint density at radius 3 is 1.93 bits per heavy atom. The summed E-state index contributed by atoms with van der Waals surface area (Å²) in [5, 5.41) is 2.64. The molecule has 2 rings (SSSR count). The zero-order chi connectivity index (χ0) is 7.68. The molecule has 0 unspecified atom stereocenters. The minimum Gasteiger partial charge on any atom is -0.0776 e. The molecule has 0 aliphatic carbocycles. The lowest BCUT2D eigenvalue weighted by molar-refractivity contribution is 1.51. The second kappa shape index (κ2) is 6.20. The Bertz CT molecular complexity index is 374. The van der Waals surface area contributed by atoms with Gasteiger partial charge in [0.05, 0.1) is 0 Å². The summed E-state index contributed by atoms with van der Waals surface area (Å²) >= 11 is 0. The molecule has 0 atom stereocenters. The van der Waals surface area contributed by atoms with Crippen molar-refractivity contribution in [2.24, 2.45) is 0 Å². The van der Waals surface area contributed by atoms with Gasteiger partial charge in [0, 0.05) is 0 Å². The molecule has 0 amide bonds. The summed E-state index contributed by atoms with van der Waals surface area (Å²) in [6.45, 7) is 2.12. The largest absolute Gasteiger partial charge is 0.0776 e.